The molecule has 0 spiro atoms. The van der Waals surface area contributed by atoms with E-state index in [-0.39, 0.29) is 10.1 Å². The van der Waals surface area contributed by atoms with Crippen molar-refractivity contribution < 1.29 is 4.43 Å². The van der Waals surface area contributed by atoms with Gasteiger partial charge in [0.2, 0.25) is 0 Å². The van der Waals surface area contributed by atoms with Crippen LogP contribution in [0.15, 0.2) is 47.6 Å². The molecule has 1 rings (SSSR count). The predicted octanol–water partition coefficient (Wildman–Crippen LogP) is 9.89. The van der Waals surface area contributed by atoms with E-state index >= 15 is 0 Å². The summed E-state index contributed by atoms with van der Waals surface area (Å²) in [5.74, 6) is 1.70. The average molecular weight is 443 g/mol. The summed E-state index contributed by atoms with van der Waals surface area (Å²) in [7, 11) is -2.12. The highest BCUT2D eigenvalue weighted by Gasteiger charge is 2.56. The standard InChI is InChI=1S/C29H50OSi/c1-23(2)15-12-16-25(5)17-13-18-26-19-14-20-27(21-26)30-31(22-24(3)4,28(6,7)8)29(9,10)11/h14-15,17,19-21,24H,12-13,16,18,22H2,1-11H3/b25-17+. The largest absolute Gasteiger partial charge is 0.542 e. The van der Waals surface area contributed by atoms with Crippen LogP contribution in [-0.2, 0) is 6.42 Å². The molecule has 0 atom stereocenters. The highest BCUT2D eigenvalue weighted by molar-refractivity contribution is 6.80. The van der Waals surface area contributed by atoms with Gasteiger partial charge in [-0.1, -0.05) is 90.8 Å². The van der Waals surface area contributed by atoms with E-state index in [1.54, 1.807) is 0 Å². The molecule has 0 N–H and O–H groups in total. The van der Waals surface area contributed by atoms with Crippen LogP contribution in [0.4, 0.5) is 0 Å². The SMILES string of the molecule is CC(C)=CCC/C(C)=C/CCc1cccc(O[Si](CC(C)C)(C(C)(C)C)C(C)(C)C)c1. The van der Waals surface area contributed by atoms with Crippen LogP contribution >= 0.6 is 0 Å². The number of benzene rings is 1. The first-order chi connectivity index (χ1) is 14.2. The number of hydrogen-bond acceptors (Lipinski definition) is 1. The molecule has 0 heterocycles. The van der Waals surface area contributed by atoms with Crippen molar-refractivity contribution in [3.63, 3.8) is 0 Å². The summed E-state index contributed by atoms with van der Waals surface area (Å²) in [5, 5.41) is 0.327. The zero-order valence-electron chi connectivity index (χ0n) is 22.5. The molecule has 1 aromatic rings. The van der Waals surface area contributed by atoms with E-state index in [0.717, 1.165) is 31.4 Å². The monoisotopic (exact) mass is 442 g/mol. The summed E-state index contributed by atoms with van der Waals surface area (Å²) in [4.78, 5) is 0. The molecular formula is C29H50OSi. The normalized spacial score (nSPS) is 13.5. The summed E-state index contributed by atoms with van der Waals surface area (Å²) in [6.07, 6.45) is 9.22. The van der Waals surface area contributed by atoms with Gasteiger partial charge in [-0.25, -0.2) is 0 Å². The minimum atomic E-state index is -2.12. The van der Waals surface area contributed by atoms with Gasteiger partial charge in [-0.2, -0.15) is 0 Å². The minimum absolute atomic E-state index is 0.163. The molecule has 0 bridgehead atoms. The second kappa shape index (κ2) is 11.5. The van der Waals surface area contributed by atoms with Crippen LogP contribution in [0.5, 0.6) is 5.75 Å². The molecule has 0 aliphatic carbocycles. The van der Waals surface area contributed by atoms with Crippen molar-refractivity contribution in [1.29, 1.82) is 0 Å². The van der Waals surface area contributed by atoms with Gasteiger partial charge in [-0.05, 0) is 86.2 Å². The van der Waals surface area contributed by atoms with Crippen LogP contribution in [0.25, 0.3) is 0 Å². The number of hydrogen-bond donors (Lipinski definition) is 0. The quantitative estimate of drug-likeness (QED) is 0.259. The molecule has 0 fully saturated rings. The lowest BCUT2D eigenvalue weighted by atomic mass is 10.1. The van der Waals surface area contributed by atoms with Gasteiger partial charge in [0, 0.05) is 0 Å². The van der Waals surface area contributed by atoms with E-state index in [1.807, 2.05) is 0 Å². The number of aryl methyl sites for hydroxylation is 1. The lowest BCUT2D eigenvalue weighted by Gasteiger charge is -2.51. The predicted molar refractivity (Wildman–Crippen MR) is 143 cm³/mol. The van der Waals surface area contributed by atoms with E-state index in [4.69, 9.17) is 4.43 Å². The Hall–Kier alpha value is -1.28. The smallest absolute Gasteiger partial charge is 0.262 e. The zero-order chi connectivity index (χ0) is 23.9. The van der Waals surface area contributed by atoms with E-state index < -0.39 is 8.32 Å². The van der Waals surface area contributed by atoms with Gasteiger partial charge in [0.15, 0.2) is 0 Å². The highest BCUT2D eigenvalue weighted by atomic mass is 28.4. The fourth-order valence-electron chi connectivity index (χ4n) is 4.80. The van der Waals surface area contributed by atoms with Crippen LogP contribution in [0, 0.1) is 5.92 Å². The Morgan fingerprint density at radius 3 is 2.06 bits per heavy atom. The van der Waals surface area contributed by atoms with E-state index in [0.29, 0.717) is 5.92 Å². The van der Waals surface area contributed by atoms with Gasteiger partial charge in [-0.3, -0.25) is 0 Å². The van der Waals surface area contributed by atoms with Crippen molar-refractivity contribution in [2.45, 2.75) is 118 Å². The Labute approximate surface area is 195 Å². The first kappa shape index (κ1) is 27.8. The third kappa shape index (κ3) is 8.64. The van der Waals surface area contributed by atoms with Crippen LogP contribution in [0.2, 0.25) is 16.1 Å². The maximum Gasteiger partial charge on any atom is 0.262 e. The van der Waals surface area contributed by atoms with Gasteiger partial charge in [0.1, 0.15) is 5.75 Å². The van der Waals surface area contributed by atoms with Gasteiger partial charge >= 0.3 is 0 Å². The molecule has 2 heteroatoms. The fourth-order valence-corrected chi connectivity index (χ4v) is 10.7. The van der Waals surface area contributed by atoms with Crippen molar-refractivity contribution in [2.24, 2.45) is 5.92 Å². The summed E-state index contributed by atoms with van der Waals surface area (Å²) in [6, 6.07) is 10.1. The molecular weight excluding hydrogens is 392 g/mol. The first-order valence-electron chi connectivity index (χ1n) is 12.2. The molecule has 0 aliphatic rings. The fraction of sp³-hybridized carbons (Fsp3) is 0.655. The third-order valence-corrected chi connectivity index (χ3v) is 13.1. The lowest BCUT2D eigenvalue weighted by molar-refractivity contribution is 0.406. The Bertz CT molecular complexity index is 723. The first-order valence-corrected chi connectivity index (χ1v) is 14.4. The number of rotatable bonds is 10. The van der Waals surface area contributed by atoms with Crippen molar-refractivity contribution in [1.82, 2.24) is 0 Å². The molecule has 0 saturated heterocycles. The molecule has 0 amide bonds. The van der Waals surface area contributed by atoms with E-state index in [2.05, 4.69) is 113 Å². The second-order valence-corrected chi connectivity index (χ2v) is 17.4. The van der Waals surface area contributed by atoms with Crippen molar-refractivity contribution in [3.8, 4) is 5.75 Å². The number of allylic oxidation sites excluding steroid dienone is 4. The Morgan fingerprint density at radius 1 is 0.935 bits per heavy atom. The van der Waals surface area contributed by atoms with Crippen LogP contribution < -0.4 is 4.43 Å². The third-order valence-electron chi connectivity index (χ3n) is 6.33. The molecule has 1 aromatic carbocycles. The van der Waals surface area contributed by atoms with Crippen LogP contribution in [-0.4, -0.2) is 8.32 Å². The van der Waals surface area contributed by atoms with Gasteiger partial charge in [0.25, 0.3) is 8.32 Å². The molecule has 0 unspecified atom stereocenters. The second-order valence-electron chi connectivity index (χ2n) is 12.1. The highest BCUT2D eigenvalue weighted by Crippen LogP contribution is 2.54. The average Bonchev–Trinajstić information content (AvgIpc) is 2.59. The van der Waals surface area contributed by atoms with Crippen molar-refractivity contribution in [3.05, 3.63) is 53.1 Å². The molecule has 0 radical (unpaired) electrons. The van der Waals surface area contributed by atoms with Crippen LogP contribution in [0.3, 0.4) is 0 Å². The Kier molecular flexibility index (Phi) is 10.3. The van der Waals surface area contributed by atoms with Crippen molar-refractivity contribution in [2.75, 3.05) is 0 Å². The van der Waals surface area contributed by atoms with Gasteiger partial charge in [0.05, 0.1) is 0 Å². The topological polar surface area (TPSA) is 9.23 Å². The van der Waals surface area contributed by atoms with E-state index in [9.17, 15) is 0 Å². The van der Waals surface area contributed by atoms with E-state index in [1.165, 1.54) is 22.8 Å². The van der Waals surface area contributed by atoms with Gasteiger partial charge < -0.3 is 4.43 Å². The molecule has 0 aliphatic heterocycles. The summed E-state index contributed by atoms with van der Waals surface area (Å²) < 4.78 is 7.10. The molecule has 31 heavy (non-hydrogen) atoms. The summed E-state index contributed by atoms with van der Waals surface area (Å²) in [6.45, 7) is 25.6. The minimum Gasteiger partial charge on any atom is -0.542 e. The summed E-state index contributed by atoms with van der Waals surface area (Å²) >= 11 is 0. The Morgan fingerprint density at radius 2 is 1.55 bits per heavy atom. The van der Waals surface area contributed by atoms with Crippen molar-refractivity contribution >= 4 is 8.32 Å². The molecule has 0 aromatic heterocycles. The van der Waals surface area contributed by atoms with Crippen LogP contribution in [0.1, 0.15) is 101 Å². The maximum atomic E-state index is 7.10. The lowest BCUT2D eigenvalue weighted by Crippen LogP contribution is -2.57. The maximum absolute atomic E-state index is 7.10. The molecule has 176 valence electrons. The zero-order valence-corrected chi connectivity index (χ0v) is 23.5. The van der Waals surface area contributed by atoms with Gasteiger partial charge in [-0.15, -0.1) is 0 Å². The Balaban J connectivity index is 2.99. The molecule has 1 nitrogen and oxygen atoms in total. The molecule has 0 saturated carbocycles. The summed E-state index contributed by atoms with van der Waals surface area (Å²) in [5.41, 5.74) is 4.28.